The van der Waals surface area contributed by atoms with Gasteiger partial charge in [0.1, 0.15) is 12.7 Å². The van der Waals surface area contributed by atoms with Crippen LogP contribution in [0.4, 0.5) is 0 Å². The summed E-state index contributed by atoms with van der Waals surface area (Å²) in [6.07, 6.45) is 9.83. The molecule has 4 heteroatoms. The molecule has 0 aliphatic rings. The van der Waals surface area contributed by atoms with Crippen LogP contribution in [0.15, 0.2) is 23.8 Å². The lowest BCUT2D eigenvalue weighted by molar-refractivity contribution is -0.146. The van der Waals surface area contributed by atoms with Crippen LogP contribution in [0.2, 0.25) is 0 Å². The van der Waals surface area contributed by atoms with Gasteiger partial charge in [-0.25, -0.2) is 0 Å². The predicted molar refractivity (Wildman–Crippen MR) is 88.5 cm³/mol. The van der Waals surface area contributed by atoms with E-state index in [1.807, 2.05) is 39.0 Å². The average Bonchev–Trinajstić information content (AvgIpc) is 2.43. The summed E-state index contributed by atoms with van der Waals surface area (Å²) in [4.78, 5) is 23.0. The minimum atomic E-state index is -0.280. The van der Waals surface area contributed by atoms with Gasteiger partial charge in [-0.1, -0.05) is 31.4 Å². The maximum absolute atomic E-state index is 11.6. The van der Waals surface area contributed by atoms with Crippen LogP contribution in [0.5, 0.6) is 0 Å². The van der Waals surface area contributed by atoms with E-state index in [0.29, 0.717) is 13.0 Å². The fourth-order valence-corrected chi connectivity index (χ4v) is 1.67. The molecule has 0 rings (SSSR count). The second-order valence-corrected chi connectivity index (χ2v) is 5.58. The first-order valence-corrected chi connectivity index (χ1v) is 8.10. The highest BCUT2D eigenvalue weighted by Crippen LogP contribution is 2.04. The zero-order valence-electron chi connectivity index (χ0n) is 14.4. The minimum absolute atomic E-state index is 0.214. The fourth-order valence-electron chi connectivity index (χ4n) is 1.67. The van der Waals surface area contributed by atoms with E-state index in [1.54, 1.807) is 0 Å². The quantitative estimate of drug-likeness (QED) is 0.323. The second kappa shape index (κ2) is 13.1. The molecule has 0 heterocycles. The Kier molecular flexibility index (Phi) is 12.2. The molecule has 0 aromatic heterocycles. The topological polar surface area (TPSA) is 52.6 Å². The van der Waals surface area contributed by atoms with Crippen molar-refractivity contribution in [2.24, 2.45) is 0 Å². The van der Waals surface area contributed by atoms with E-state index in [-0.39, 0.29) is 30.9 Å². The minimum Gasteiger partial charge on any atom is -0.461 e. The lowest BCUT2D eigenvalue weighted by Gasteiger charge is -2.09. The molecule has 0 saturated heterocycles. The lowest BCUT2D eigenvalue weighted by Crippen LogP contribution is -2.13. The van der Waals surface area contributed by atoms with E-state index >= 15 is 0 Å². The van der Waals surface area contributed by atoms with E-state index in [4.69, 9.17) is 9.47 Å². The van der Waals surface area contributed by atoms with Crippen LogP contribution in [-0.2, 0) is 19.1 Å². The first kappa shape index (κ1) is 20.4. The largest absolute Gasteiger partial charge is 0.461 e. The summed E-state index contributed by atoms with van der Waals surface area (Å²) in [5.74, 6) is -0.553. The molecule has 22 heavy (non-hydrogen) atoms. The van der Waals surface area contributed by atoms with Crippen LogP contribution in [0.1, 0.15) is 66.2 Å². The maximum atomic E-state index is 11.6. The van der Waals surface area contributed by atoms with Crippen molar-refractivity contribution >= 4 is 11.9 Å². The number of rotatable bonds is 11. The van der Waals surface area contributed by atoms with Crippen LogP contribution in [0.3, 0.4) is 0 Å². The third-order valence-corrected chi connectivity index (χ3v) is 2.95. The van der Waals surface area contributed by atoms with Crippen molar-refractivity contribution in [3.8, 4) is 0 Å². The van der Waals surface area contributed by atoms with Gasteiger partial charge in [0.2, 0.25) is 0 Å². The van der Waals surface area contributed by atoms with Crippen molar-refractivity contribution < 1.29 is 19.1 Å². The highest BCUT2D eigenvalue weighted by molar-refractivity contribution is 5.72. The molecule has 0 bridgehead atoms. The van der Waals surface area contributed by atoms with Crippen molar-refractivity contribution in [2.75, 3.05) is 6.61 Å². The van der Waals surface area contributed by atoms with Crippen LogP contribution < -0.4 is 0 Å². The Hall–Kier alpha value is -1.58. The summed E-state index contributed by atoms with van der Waals surface area (Å²) in [6, 6.07) is 0. The standard InChI is InChI=1S/C18H30O4/c1-5-6-7-8-10-16(4)22-18(20)12-9-11-17(19)21-14-13-15(2)3/h8,10,13,16H,5-7,9,11-12,14H2,1-4H3/b10-8+. The molecule has 0 amide bonds. The van der Waals surface area contributed by atoms with E-state index < -0.39 is 0 Å². The molecule has 0 aromatic rings. The molecular weight excluding hydrogens is 280 g/mol. The zero-order valence-corrected chi connectivity index (χ0v) is 14.4. The SMILES string of the molecule is CCCC/C=C/C(C)OC(=O)CCCC(=O)OCC=C(C)C. The third kappa shape index (κ3) is 13.4. The second-order valence-electron chi connectivity index (χ2n) is 5.58. The predicted octanol–water partition coefficient (Wildman–Crippen LogP) is 4.34. The van der Waals surface area contributed by atoms with Gasteiger partial charge >= 0.3 is 11.9 Å². The maximum Gasteiger partial charge on any atom is 0.306 e. The molecule has 0 saturated carbocycles. The Balaban J connectivity index is 3.74. The summed E-state index contributed by atoms with van der Waals surface area (Å²) in [5.41, 5.74) is 1.11. The van der Waals surface area contributed by atoms with Crippen molar-refractivity contribution in [1.29, 1.82) is 0 Å². The number of hydrogen-bond donors (Lipinski definition) is 0. The Morgan fingerprint density at radius 3 is 2.41 bits per heavy atom. The van der Waals surface area contributed by atoms with Gasteiger partial charge in [-0.3, -0.25) is 9.59 Å². The van der Waals surface area contributed by atoms with Gasteiger partial charge in [-0.15, -0.1) is 0 Å². The monoisotopic (exact) mass is 310 g/mol. The van der Waals surface area contributed by atoms with E-state index in [2.05, 4.69) is 6.92 Å². The zero-order chi connectivity index (χ0) is 16.8. The van der Waals surface area contributed by atoms with E-state index in [1.165, 1.54) is 0 Å². The molecule has 4 nitrogen and oxygen atoms in total. The molecule has 0 aromatic carbocycles. The van der Waals surface area contributed by atoms with Gasteiger partial charge < -0.3 is 9.47 Å². The molecule has 0 spiro atoms. The van der Waals surface area contributed by atoms with Crippen molar-refractivity contribution in [3.63, 3.8) is 0 Å². The highest BCUT2D eigenvalue weighted by atomic mass is 16.5. The normalized spacial score (nSPS) is 12.0. The van der Waals surface area contributed by atoms with Gasteiger partial charge in [-0.2, -0.15) is 0 Å². The molecule has 0 radical (unpaired) electrons. The van der Waals surface area contributed by atoms with Crippen molar-refractivity contribution in [1.82, 2.24) is 0 Å². The first-order valence-electron chi connectivity index (χ1n) is 8.10. The lowest BCUT2D eigenvalue weighted by atomic mass is 10.2. The number of hydrogen-bond acceptors (Lipinski definition) is 4. The number of carbonyl (C=O) groups excluding carboxylic acids is 2. The first-order chi connectivity index (χ1) is 10.5. The summed E-state index contributed by atoms with van der Waals surface area (Å²) < 4.78 is 10.3. The van der Waals surface area contributed by atoms with Gasteiger partial charge in [0.25, 0.3) is 0 Å². The summed E-state index contributed by atoms with van der Waals surface area (Å²) in [7, 11) is 0. The molecule has 0 aliphatic carbocycles. The van der Waals surface area contributed by atoms with Crippen LogP contribution in [-0.4, -0.2) is 24.6 Å². The molecule has 126 valence electrons. The van der Waals surface area contributed by atoms with Crippen molar-refractivity contribution in [2.45, 2.75) is 72.3 Å². The third-order valence-electron chi connectivity index (χ3n) is 2.95. The average molecular weight is 310 g/mol. The Labute approximate surface area is 134 Å². The number of esters is 2. The molecule has 0 fully saturated rings. The van der Waals surface area contributed by atoms with Crippen LogP contribution in [0.25, 0.3) is 0 Å². The van der Waals surface area contributed by atoms with E-state index in [0.717, 1.165) is 24.8 Å². The highest BCUT2D eigenvalue weighted by Gasteiger charge is 2.09. The fraction of sp³-hybridized carbons (Fsp3) is 0.667. The number of allylic oxidation sites excluding steroid dienone is 2. The number of carbonyl (C=O) groups is 2. The number of unbranched alkanes of at least 4 members (excludes halogenated alkanes) is 2. The van der Waals surface area contributed by atoms with Crippen LogP contribution in [0, 0.1) is 0 Å². The van der Waals surface area contributed by atoms with Crippen molar-refractivity contribution in [3.05, 3.63) is 23.8 Å². The molecule has 0 N–H and O–H groups in total. The van der Waals surface area contributed by atoms with E-state index in [9.17, 15) is 9.59 Å². The Bertz CT molecular complexity index is 379. The number of ether oxygens (including phenoxy) is 2. The van der Waals surface area contributed by atoms with Gasteiger partial charge in [0.05, 0.1) is 0 Å². The van der Waals surface area contributed by atoms with Gasteiger partial charge in [0, 0.05) is 12.8 Å². The Morgan fingerprint density at radius 1 is 1.09 bits per heavy atom. The van der Waals surface area contributed by atoms with Gasteiger partial charge in [0.15, 0.2) is 0 Å². The molecule has 1 unspecified atom stereocenters. The smallest absolute Gasteiger partial charge is 0.306 e. The summed E-state index contributed by atoms with van der Waals surface area (Å²) in [6.45, 7) is 8.17. The summed E-state index contributed by atoms with van der Waals surface area (Å²) in [5, 5.41) is 0. The molecule has 1 atom stereocenters. The van der Waals surface area contributed by atoms with Gasteiger partial charge in [-0.05, 0) is 45.8 Å². The molecular formula is C18H30O4. The summed E-state index contributed by atoms with van der Waals surface area (Å²) >= 11 is 0. The van der Waals surface area contributed by atoms with Crippen LogP contribution >= 0.6 is 0 Å². The Morgan fingerprint density at radius 2 is 1.77 bits per heavy atom. The molecule has 0 aliphatic heterocycles.